The Morgan fingerprint density at radius 2 is 1.79 bits per heavy atom. The molecule has 2 aromatic rings. The van der Waals surface area contributed by atoms with E-state index < -0.39 is 0 Å². The van der Waals surface area contributed by atoms with Gasteiger partial charge in [-0.2, -0.15) is 0 Å². The molecule has 1 aromatic heterocycles. The number of nitrogens with zero attached hydrogens (tertiary/aromatic N) is 1. The average molecular weight is 253 g/mol. The molecule has 2 rings (SSSR count). The number of hydrogen-bond donors (Lipinski definition) is 1. The van der Waals surface area contributed by atoms with Crippen LogP contribution in [-0.4, -0.2) is 9.97 Å². The summed E-state index contributed by atoms with van der Waals surface area (Å²) in [5, 5.41) is 0. The van der Waals surface area contributed by atoms with Crippen LogP contribution < -0.4 is 0 Å². The molecule has 74 valence electrons. The monoisotopic (exact) mass is 252 g/mol. The van der Waals surface area contributed by atoms with E-state index in [9.17, 15) is 0 Å². The summed E-state index contributed by atoms with van der Waals surface area (Å²) in [6.07, 6.45) is 3.49. The molecule has 0 saturated carbocycles. The smallest absolute Gasteiger partial charge is 0.0924 e. The van der Waals surface area contributed by atoms with Crippen molar-refractivity contribution >= 4 is 15.9 Å². The number of aromatic amines is 1. The van der Waals surface area contributed by atoms with Crippen molar-refractivity contribution in [2.45, 2.75) is 13.8 Å². The van der Waals surface area contributed by atoms with Crippen LogP contribution in [0.15, 0.2) is 41.3 Å². The first kappa shape index (κ1) is 11.0. The van der Waals surface area contributed by atoms with E-state index in [0.29, 0.717) is 0 Å². The van der Waals surface area contributed by atoms with Crippen molar-refractivity contribution in [3.63, 3.8) is 0 Å². The number of imidazole rings is 1. The maximum absolute atomic E-state index is 3.95. The summed E-state index contributed by atoms with van der Waals surface area (Å²) >= 11 is 3.38. The van der Waals surface area contributed by atoms with Crippen LogP contribution in [-0.2, 0) is 0 Å². The predicted octanol–water partition coefficient (Wildman–Crippen LogP) is 3.87. The van der Waals surface area contributed by atoms with Crippen molar-refractivity contribution < 1.29 is 0 Å². The zero-order valence-corrected chi connectivity index (χ0v) is 9.88. The lowest BCUT2D eigenvalue weighted by Gasteiger charge is -1.95. The lowest BCUT2D eigenvalue weighted by atomic mass is 10.2. The molecule has 0 unspecified atom stereocenters. The highest BCUT2D eigenvalue weighted by atomic mass is 79.9. The summed E-state index contributed by atoms with van der Waals surface area (Å²) in [5.74, 6) is 0. The van der Waals surface area contributed by atoms with Crippen LogP contribution in [0.2, 0.25) is 0 Å². The molecular weight excluding hydrogens is 240 g/mol. The average Bonchev–Trinajstić information content (AvgIpc) is 2.75. The second kappa shape index (κ2) is 5.60. The maximum Gasteiger partial charge on any atom is 0.0924 e. The Morgan fingerprint density at radius 3 is 2.29 bits per heavy atom. The van der Waals surface area contributed by atoms with Crippen LogP contribution in [0.5, 0.6) is 0 Å². The SMILES string of the molecule is Brc1ccc(-c2cnc[nH]2)cc1.CC. The molecule has 1 N–H and O–H groups in total. The van der Waals surface area contributed by atoms with Crippen LogP contribution in [0.3, 0.4) is 0 Å². The molecule has 0 amide bonds. The molecule has 0 fully saturated rings. The minimum absolute atomic E-state index is 1.04. The lowest BCUT2D eigenvalue weighted by Crippen LogP contribution is -1.75. The second-order valence-electron chi connectivity index (χ2n) is 2.47. The van der Waals surface area contributed by atoms with Gasteiger partial charge in [0.15, 0.2) is 0 Å². The van der Waals surface area contributed by atoms with Crippen molar-refractivity contribution in [3.8, 4) is 11.3 Å². The number of aromatic nitrogens is 2. The van der Waals surface area contributed by atoms with Gasteiger partial charge >= 0.3 is 0 Å². The predicted molar refractivity (Wildman–Crippen MR) is 63.1 cm³/mol. The van der Waals surface area contributed by atoms with E-state index in [0.717, 1.165) is 15.7 Å². The fourth-order valence-electron chi connectivity index (χ4n) is 1.04. The summed E-state index contributed by atoms with van der Waals surface area (Å²) in [6.45, 7) is 4.00. The van der Waals surface area contributed by atoms with E-state index in [1.807, 2.05) is 44.3 Å². The highest BCUT2D eigenvalue weighted by Gasteiger charge is 1.96. The molecule has 0 radical (unpaired) electrons. The third kappa shape index (κ3) is 2.70. The highest BCUT2D eigenvalue weighted by molar-refractivity contribution is 9.10. The first-order valence-corrected chi connectivity index (χ1v) is 5.40. The Balaban J connectivity index is 0.000000461. The van der Waals surface area contributed by atoms with Gasteiger partial charge in [0.05, 0.1) is 18.2 Å². The quantitative estimate of drug-likeness (QED) is 0.821. The molecule has 0 saturated heterocycles. The van der Waals surface area contributed by atoms with E-state index in [1.165, 1.54) is 0 Å². The van der Waals surface area contributed by atoms with Crippen LogP contribution in [0.1, 0.15) is 13.8 Å². The van der Waals surface area contributed by atoms with Crippen molar-refractivity contribution in [2.24, 2.45) is 0 Å². The topological polar surface area (TPSA) is 28.7 Å². The fourth-order valence-corrected chi connectivity index (χ4v) is 1.31. The first-order valence-electron chi connectivity index (χ1n) is 4.60. The Kier molecular flexibility index (Phi) is 4.40. The zero-order valence-electron chi connectivity index (χ0n) is 8.29. The fraction of sp³-hybridized carbons (Fsp3) is 0.182. The van der Waals surface area contributed by atoms with E-state index in [-0.39, 0.29) is 0 Å². The lowest BCUT2D eigenvalue weighted by molar-refractivity contribution is 1.31. The Bertz CT molecular complexity index is 351. The number of nitrogens with one attached hydrogen (secondary N) is 1. The van der Waals surface area contributed by atoms with E-state index >= 15 is 0 Å². The number of H-pyrrole nitrogens is 1. The van der Waals surface area contributed by atoms with Gasteiger partial charge in [0, 0.05) is 4.47 Å². The van der Waals surface area contributed by atoms with Crippen molar-refractivity contribution in [3.05, 3.63) is 41.3 Å². The summed E-state index contributed by atoms with van der Waals surface area (Å²) in [5.41, 5.74) is 2.19. The van der Waals surface area contributed by atoms with Gasteiger partial charge < -0.3 is 4.98 Å². The van der Waals surface area contributed by atoms with Crippen molar-refractivity contribution in [2.75, 3.05) is 0 Å². The number of benzene rings is 1. The van der Waals surface area contributed by atoms with Crippen molar-refractivity contribution in [1.29, 1.82) is 0 Å². The molecule has 0 aliphatic carbocycles. The van der Waals surface area contributed by atoms with Crippen LogP contribution in [0, 0.1) is 0 Å². The van der Waals surface area contributed by atoms with E-state index in [1.54, 1.807) is 6.33 Å². The van der Waals surface area contributed by atoms with Gasteiger partial charge in [0.2, 0.25) is 0 Å². The van der Waals surface area contributed by atoms with Crippen molar-refractivity contribution in [1.82, 2.24) is 9.97 Å². The van der Waals surface area contributed by atoms with Gasteiger partial charge in [-0.1, -0.05) is 41.9 Å². The number of halogens is 1. The summed E-state index contributed by atoms with van der Waals surface area (Å²) in [6, 6.07) is 8.10. The maximum atomic E-state index is 3.95. The molecule has 14 heavy (non-hydrogen) atoms. The van der Waals surface area contributed by atoms with Gasteiger partial charge in [-0.05, 0) is 17.7 Å². The normalized spacial score (nSPS) is 9.07. The third-order valence-corrected chi connectivity index (χ3v) is 2.18. The standard InChI is InChI=1S/C9H7BrN2.C2H6/c10-8-3-1-7(2-4-8)9-5-11-6-12-9;1-2/h1-6H,(H,11,12);1-2H3. The molecule has 0 spiro atoms. The van der Waals surface area contributed by atoms with Crippen LogP contribution >= 0.6 is 15.9 Å². The molecule has 1 aromatic carbocycles. The first-order chi connectivity index (χ1) is 6.86. The van der Waals surface area contributed by atoms with E-state index in [2.05, 4.69) is 25.9 Å². The summed E-state index contributed by atoms with van der Waals surface area (Å²) in [7, 11) is 0. The molecule has 3 heteroatoms. The highest BCUT2D eigenvalue weighted by Crippen LogP contribution is 2.18. The molecule has 0 aliphatic heterocycles. The van der Waals surface area contributed by atoms with Gasteiger partial charge in [-0.25, -0.2) is 4.98 Å². The number of rotatable bonds is 1. The second-order valence-corrected chi connectivity index (χ2v) is 3.39. The summed E-state index contributed by atoms with van der Waals surface area (Å²) < 4.78 is 1.09. The molecule has 0 bridgehead atoms. The minimum Gasteiger partial charge on any atom is -0.345 e. The van der Waals surface area contributed by atoms with Gasteiger partial charge in [-0.15, -0.1) is 0 Å². The summed E-state index contributed by atoms with van der Waals surface area (Å²) in [4.78, 5) is 7.00. The van der Waals surface area contributed by atoms with Crippen LogP contribution in [0.4, 0.5) is 0 Å². The Labute approximate surface area is 92.5 Å². The molecule has 2 nitrogen and oxygen atoms in total. The van der Waals surface area contributed by atoms with E-state index in [4.69, 9.17) is 0 Å². The largest absolute Gasteiger partial charge is 0.345 e. The van der Waals surface area contributed by atoms with Gasteiger partial charge in [0.25, 0.3) is 0 Å². The Hall–Kier alpha value is -1.09. The molecule has 1 heterocycles. The number of hydrogen-bond acceptors (Lipinski definition) is 1. The molecular formula is C11H13BrN2. The molecule has 0 atom stereocenters. The van der Waals surface area contributed by atoms with Gasteiger partial charge in [0.1, 0.15) is 0 Å². The zero-order chi connectivity index (χ0) is 10.4. The minimum atomic E-state index is 1.04. The van der Waals surface area contributed by atoms with Crippen LogP contribution in [0.25, 0.3) is 11.3 Å². The Morgan fingerprint density at radius 1 is 1.14 bits per heavy atom. The molecule has 0 aliphatic rings. The van der Waals surface area contributed by atoms with Gasteiger partial charge in [-0.3, -0.25) is 0 Å². The third-order valence-electron chi connectivity index (χ3n) is 1.65.